The molecule has 23 heavy (non-hydrogen) atoms. The van der Waals surface area contributed by atoms with Crippen LogP contribution in [0.1, 0.15) is 120 Å². The molecule has 2 N–H and O–H groups in total. The minimum absolute atomic E-state index is 0. The molecule has 0 aliphatic carbocycles. The maximum Gasteiger partial charge on any atom is -0.00468 e. The van der Waals surface area contributed by atoms with Gasteiger partial charge in [0.05, 0.1) is 0 Å². The van der Waals surface area contributed by atoms with Gasteiger partial charge in [-0.05, 0) is 14.1 Å². The second-order valence-electron chi connectivity index (χ2n) is 7.70. The minimum Gasteiger partial charge on any atom is -0.412 e. The van der Waals surface area contributed by atoms with Gasteiger partial charge < -0.3 is 5.48 Å². The van der Waals surface area contributed by atoms with Gasteiger partial charge in [-0.15, -0.1) is 0 Å². The highest BCUT2D eigenvalue weighted by atomic mass is 27.2. The van der Waals surface area contributed by atoms with Crippen LogP contribution in [0.25, 0.3) is 0 Å². The summed E-state index contributed by atoms with van der Waals surface area (Å²) in [6, 6.07) is 0. The van der Waals surface area contributed by atoms with E-state index in [1.807, 2.05) is 0 Å². The van der Waals surface area contributed by atoms with E-state index in [-0.39, 0.29) is 5.48 Å². The molecule has 0 saturated heterocycles. The summed E-state index contributed by atoms with van der Waals surface area (Å²) >= 11 is -0.986. The number of hydrogen-bond acceptors (Lipinski definition) is 0. The smallest absolute Gasteiger partial charge is 0.00468 e. The van der Waals surface area contributed by atoms with Gasteiger partial charge in [0.25, 0.3) is 0 Å². The second-order valence-corrected chi connectivity index (χ2v) is 12.2. The van der Waals surface area contributed by atoms with Crippen LogP contribution in [-0.2, 0) is 0 Å². The van der Waals surface area contributed by atoms with Crippen LogP contribution in [0.4, 0.5) is 0 Å². The van der Waals surface area contributed by atoms with Crippen molar-refractivity contribution in [3.8, 4) is 0 Å². The highest BCUT2D eigenvalue weighted by molar-refractivity contribution is 6.69. The summed E-state index contributed by atoms with van der Waals surface area (Å²) < 4.78 is 1.97. The summed E-state index contributed by atoms with van der Waals surface area (Å²) in [5.41, 5.74) is 0. The molecular weight excluding hydrogens is 295 g/mol. The van der Waals surface area contributed by atoms with Crippen molar-refractivity contribution in [2.24, 2.45) is 0 Å². The van der Waals surface area contributed by atoms with Crippen molar-refractivity contribution in [2.75, 3.05) is 0 Å². The van der Waals surface area contributed by atoms with E-state index in [0.29, 0.717) is 12.8 Å². The average Bonchev–Trinajstić information content (AvgIpc) is 2.60. The Morgan fingerprint density at radius 1 is 0.391 bits per heavy atom. The zero-order valence-electron chi connectivity index (χ0n) is 17.9. The van der Waals surface area contributed by atoms with Gasteiger partial charge in [-0.3, -0.25) is 0 Å². The van der Waals surface area contributed by atoms with Gasteiger partial charge in [0.2, 0.25) is 0 Å². The van der Waals surface area contributed by atoms with Crippen molar-refractivity contribution in [3.05, 3.63) is 0 Å². The van der Waals surface area contributed by atoms with Crippen molar-refractivity contribution >= 4 is 14.1 Å². The van der Waals surface area contributed by atoms with E-state index in [1.165, 1.54) is 57.8 Å². The monoisotopic (exact) mass is 342 g/mol. The van der Waals surface area contributed by atoms with Gasteiger partial charge >= 0.3 is 0 Å². The van der Waals surface area contributed by atoms with E-state index in [1.54, 1.807) is 0 Å². The Kier molecular flexibility index (Phi) is 12.5. The fourth-order valence-electron chi connectivity index (χ4n) is 6.04. The molecule has 141 valence electrons. The number of rotatable bonds is 12. The Bertz CT molecular complexity index is 216. The Balaban J connectivity index is 0. The maximum atomic E-state index is 2.49. The predicted molar refractivity (Wildman–Crippen MR) is 110 cm³/mol. The van der Waals surface area contributed by atoms with E-state index < -0.39 is 14.1 Å². The first kappa shape index (κ1) is 25.7. The molecule has 0 aliphatic heterocycles. The molecule has 0 saturated carbocycles. The molecule has 0 spiro atoms. The second kappa shape index (κ2) is 11.2. The highest BCUT2D eigenvalue weighted by Gasteiger charge is 2.45. The van der Waals surface area contributed by atoms with Crippen LogP contribution >= 0.6 is 0 Å². The molecule has 0 aliphatic rings. The lowest BCUT2D eigenvalue weighted by Crippen LogP contribution is -2.51. The summed E-state index contributed by atoms with van der Waals surface area (Å²) in [6.07, 6.45) is 12.6. The summed E-state index contributed by atoms with van der Waals surface area (Å²) in [6.45, 7) is 22.4. The molecule has 1 radical (unpaired) electrons. The molecule has 0 fully saturated rings. The molecule has 0 atom stereocenters. The Morgan fingerprint density at radius 3 is 0.609 bits per heavy atom. The minimum atomic E-state index is -0.986. The van der Waals surface area contributed by atoms with Crippen LogP contribution in [0, 0.1) is 0 Å². The first-order chi connectivity index (χ1) is 10.4. The molecule has 0 bridgehead atoms. The zero-order chi connectivity index (χ0) is 17.4. The summed E-state index contributed by atoms with van der Waals surface area (Å²) in [5, 5.41) is 0. The Morgan fingerprint density at radius 2 is 0.522 bits per heavy atom. The van der Waals surface area contributed by atoms with E-state index in [4.69, 9.17) is 0 Å². The molecule has 2 heteroatoms. The standard InChI is InChI=1S/3C7H15.Al.H2O/c3*1-4-7(5-2)6-3;;/h3*4-6H2,1-3H3;;1H2/q;;;-1;. The topological polar surface area (TPSA) is 31.5 Å². The SMILES string of the molecule is CC[C](CC)(CC)[Al-]([C](CC)(CC)CC)[C](CC)(CC)CC.O. The lowest BCUT2D eigenvalue weighted by atomic mass is 9.94. The Hall–Kier alpha value is 0.492. The van der Waals surface area contributed by atoms with Crippen molar-refractivity contribution in [1.29, 1.82) is 0 Å². The van der Waals surface area contributed by atoms with Gasteiger partial charge in [0, 0.05) is 0 Å². The predicted octanol–water partition coefficient (Wildman–Crippen LogP) is 7.57. The molecule has 0 heterocycles. The van der Waals surface area contributed by atoms with Gasteiger partial charge in [-0.25, -0.2) is 12.8 Å². The highest BCUT2D eigenvalue weighted by Crippen LogP contribution is 2.65. The maximum absolute atomic E-state index is 2.49. The summed E-state index contributed by atoms with van der Waals surface area (Å²) in [7, 11) is 0. The largest absolute Gasteiger partial charge is 0.412 e. The lowest BCUT2D eigenvalue weighted by molar-refractivity contribution is 0.356. The van der Waals surface area contributed by atoms with Crippen LogP contribution in [0.3, 0.4) is 0 Å². The molecule has 0 unspecified atom stereocenters. The molecule has 0 aromatic carbocycles. The van der Waals surface area contributed by atoms with Gasteiger partial charge in [0.1, 0.15) is 0 Å². The number of hydrogen-bond donors (Lipinski definition) is 0. The fourth-order valence-corrected chi connectivity index (χ4v) is 13.6. The van der Waals surface area contributed by atoms with Crippen molar-refractivity contribution < 1.29 is 5.48 Å². The fraction of sp³-hybridized carbons (Fsp3) is 1.00. The average molecular weight is 343 g/mol. The molecule has 0 amide bonds. The summed E-state index contributed by atoms with van der Waals surface area (Å²) in [4.78, 5) is 0. The molecule has 0 aromatic heterocycles. The first-order valence-electron chi connectivity index (χ1n) is 10.4. The van der Waals surface area contributed by atoms with Crippen LogP contribution in [0.5, 0.6) is 0 Å². The van der Waals surface area contributed by atoms with E-state index in [0.717, 1.165) is 0 Å². The van der Waals surface area contributed by atoms with Crippen molar-refractivity contribution in [3.63, 3.8) is 0 Å². The third kappa shape index (κ3) is 4.56. The van der Waals surface area contributed by atoms with Crippen molar-refractivity contribution in [1.82, 2.24) is 0 Å². The molecule has 1 nitrogen and oxygen atoms in total. The first-order valence-corrected chi connectivity index (χ1v) is 12.1. The molecule has 0 rings (SSSR count). The zero-order valence-corrected chi connectivity index (χ0v) is 19.1. The quantitative estimate of drug-likeness (QED) is 0.328. The van der Waals surface area contributed by atoms with E-state index >= 15 is 0 Å². The van der Waals surface area contributed by atoms with Gasteiger partial charge in [-0.1, -0.05) is 120 Å². The van der Waals surface area contributed by atoms with Gasteiger partial charge in [-0.2, -0.15) is 0 Å². The summed E-state index contributed by atoms with van der Waals surface area (Å²) in [5.74, 6) is 0. The van der Waals surface area contributed by atoms with Crippen LogP contribution in [0.2, 0.25) is 12.8 Å². The van der Waals surface area contributed by atoms with Gasteiger partial charge in [0.15, 0.2) is 0 Å². The third-order valence-electron chi connectivity index (χ3n) is 8.17. The molecular formula is C21H47AlO-. The van der Waals surface area contributed by atoms with E-state index in [2.05, 4.69) is 62.3 Å². The van der Waals surface area contributed by atoms with Crippen molar-refractivity contribution in [2.45, 2.75) is 133 Å². The van der Waals surface area contributed by atoms with E-state index in [9.17, 15) is 0 Å². The normalized spacial score (nSPS) is 13.3. The third-order valence-corrected chi connectivity index (χ3v) is 15.5. The Labute approximate surface area is 152 Å². The van der Waals surface area contributed by atoms with Crippen LogP contribution in [-0.4, -0.2) is 19.6 Å². The molecule has 0 aromatic rings. The lowest BCUT2D eigenvalue weighted by Gasteiger charge is -2.68. The van der Waals surface area contributed by atoms with Crippen LogP contribution in [0.15, 0.2) is 0 Å². The van der Waals surface area contributed by atoms with Crippen LogP contribution < -0.4 is 0 Å².